The summed E-state index contributed by atoms with van der Waals surface area (Å²) in [6, 6.07) is 9.80. The van der Waals surface area contributed by atoms with E-state index < -0.39 is 12.7 Å². The van der Waals surface area contributed by atoms with E-state index in [4.69, 9.17) is 5.73 Å². The van der Waals surface area contributed by atoms with Crippen LogP contribution in [0.1, 0.15) is 18.5 Å². The van der Waals surface area contributed by atoms with Gasteiger partial charge in [0, 0.05) is 38.3 Å². The van der Waals surface area contributed by atoms with Crippen LogP contribution in [0, 0.1) is 0 Å². The molecule has 2 atom stereocenters. The Morgan fingerprint density at radius 2 is 1.67 bits per heavy atom. The van der Waals surface area contributed by atoms with Gasteiger partial charge in [0.2, 0.25) is 0 Å². The highest BCUT2D eigenvalue weighted by atomic mass is 19.4. The fourth-order valence-electron chi connectivity index (χ4n) is 2.76. The summed E-state index contributed by atoms with van der Waals surface area (Å²) in [6.45, 7) is 3.34. The predicted octanol–water partition coefficient (Wildman–Crippen LogP) is 2.25. The van der Waals surface area contributed by atoms with E-state index in [0.29, 0.717) is 26.2 Å². The lowest BCUT2D eigenvalue weighted by molar-refractivity contribution is -0.149. The molecule has 1 aliphatic rings. The van der Waals surface area contributed by atoms with E-state index in [1.165, 1.54) is 4.90 Å². The second-order valence-electron chi connectivity index (χ2n) is 5.60. The van der Waals surface area contributed by atoms with E-state index in [1.54, 1.807) is 0 Å². The molecule has 6 heteroatoms. The SMILES string of the molecule is CC(C(N)c1ccccc1)N1CCN(CC(F)(F)F)CC1. The predicted molar refractivity (Wildman–Crippen MR) is 76.9 cm³/mol. The normalized spacial score (nSPS) is 21.2. The maximum atomic E-state index is 12.4. The molecule has 2 rings (SSSR count). The second-order valence-corrected chi connectivity index (χ2v) is 5.60. The maximum absolute atomic E-state index is 12.4. The van der Waals surface area contributed by atoms with E-state index >= 15 is 0 Å². The average Bonchev–Trinajstić information content (AvgIpc) is 2.46. The molecule has 0 spiro atoms. The van der Waals surface area contributed by atoms with Crippen LogP contribution in [-0.4, -0.2) is 54.7 Å². The van der Waals surface area contributed by atoms with Crippen LogP contribution in [-0.2, 0) is 0 Å². The summed E-state index contributed by atoms with van der Waals surface area (Å²) in [5, 5.41) is 0. The summed E-state index contributed by atoms with van der Waals surface area (Å²) in [6.07, 6.45) is -4.12. The van der Waals surface area contributed by atoms with Crippen LogP contribution in [0.15, 0.2) is 30.3 Å². The number of nitrogens with two attached hydrogens (primary N) is 1. The Kier molecular flexibility index (Phi) is 5.24. The zero-order chi connectivity index (χ0) is 15.5. The average molecular weight is 301 g/mol. The van der Waals surface area contributed by atoms with Crippen molar-refractivity contribution in [2.75, 3.05) is 32.7 Å². The molecule has 0 radical (unpaired) electrons. The van der Waals surface area contributed by atoms with Crippen LogP contribution in [0.2, 0.25) is 0 Å². The van der Waals surface area contributed by atoms with Gasteiger partial charge < -0.3 is 5.73 Å². The van der Waals surface area contributed by atoms with Crippen molar-refractivity contribution in [2.45, 2.75) is 25.2 Å². The van der Waals surface area contributed by atoms with Gasteiger partial charge in [-0.25, -0.2) is 0 Å². The van der Waals surface area contributed by atoms with Crippen LogP contribution < -0.4 is 5.73 Å². The molecule has 0 aromatic heterocycles. The number of benzene rings is 1. The molecule has 1 fully saturated rings. The van der Waals surface area contributed by atoms with Crippen LogP contribution >= 0.6 is 0 Å². The van der Waals surface area contributed by atoms with Gasteiger partial charge in [-0.05, 0) is 12.5 Å². The smallest absolute Gasteiger partial charge is 0.323 e. The molecule has 0 amide bonds. The molecule has 3 nitrogen and oxygen atoms in total. The van der Waals surface area contributed by atoms with Crippen molar-refractivity contribution in [2.24, 2.45) is 5.73 Å². The topological polar surface area (TPSA) is 32.5 Å². The second kappa shape index (κ2) is 6.77. The summed E-state index contributed by atoms with van der Waals surface area (Å²) in [7, 11) is 0. The minimum absolute atomic E-state index is 0.112. The zero-order valence-corrected chi connectivity index (χ0v) is 12.2. The number of piperazine rings is 1. The van der Waals surface area contributed by atoms with Gasteiger partial charge in [-0.3, -0.25) is 9.80 Å². The van der Waals surface area contributed by atoms with Crippen molar-refractivity contribution in [3.63, 3.8) is 0 Å². The molecule has 1 saturated heterocycles. The van der Waals surface area contributed by atoms with Gasteiger partial charge >= 0.3 is 6.18 Å². The number of hydrogen-bond donors (Lipinski definition) is 1. The van der Waals surface area contributed by atoms with Crippen molar-refractivity contribution in [3.05, 3.63) is 35.9 Å². The van der Waals surface area contributed by atoms with Crippen molar-refractivity contribution >= 4 is 0 Å². The molecule has 118 valence electrons. The monoisotopic (exact) mass is 301 g/mol. The standard InChI is InChI=1S/C15H22F3N3/c1-12(14(19)13-5-3-2-4-6-13)21-9-7-20(8-10-21)11-15(16,17)18/h2-6,12,14H,7-11,19H2,1H3. The fourth-order valence-corrected chi connectivity index (χ4v) is 2.76. The Bertz CT molecular complexity index is 428. The molecular weight excluding hydrogens is 279 g/mol. The van der Waals surface area contributed by atoms with Gasteiger partial charge in [-0.2, -0.15) is 13.2 Å². The third-order valence-corrected chi connectivity index (χ3v) is 4.09. The Balaban J connectivity index is 1.87. The summed E-state index contributed by atoms with van der Waals surface area (Å²) in [4.78, 5) is 3.63. The third-order valence-electron chi connectivity index (χ3n) is 4.09. The summed E-state index contributed by atoms with van der Waals surface area (Å²) in [5.74, 6) is 0. The zero-order valence-electron chi connectivity index (χ0n) is 12.2. The largest absolute Gasteiger partial charge is 0.401 e. The van der Waals surface area contributed by atoms with Crippen molar-refractivity contribution in [1.82, 2.24) is 9.80 Å². The van der Waals surface area contributed by atoms with Crippen molar-refractivity contribution < 1.29 is 13.2 Å². The maximum Gasteiger partial charge on any atom is 0.401 e. The molecule has 2 N–H and O–H groups in total. The number of rotatable bonds is 4. The number of hydrogen-bond acceptors (Lipinski definition) is 3. The van der Waals surface area contributed by atoms with Crippen LogP contribution in [0.4, 0.5) is 13.2 Å². The van der Waals surface area contributed by atoms with Gasteiger partial charge in [0.05, 0.1) is 6.54 Å². The number of nitrogens with zero attached hydrogens (tertiary/aromatic N) is 2. The summed E-state index contributed by atoms with van der Waals surface area (Å²) < 4.78 is 37.1. The van der Waals surface area contributed by atoms with Gasteiger partial charge in [-0.1, -0.05) is 30.3 Å². The van der Waals surface area contributed by atoms with Crippen LogP contribution in [0.5, 0.6) is 0 Å². The highest BCUT2D eigenvalue weighted by molar-refractivity contribution is 5.20. The highest BCUT2D eigenvalue weighted by Crippen LogP contribution is 2.21. The molecule has 0 saturated carbocycles. The molecule has 0 aliphatic carbocycles. The Labute approximate surface area is 123 Å². The molecule has 1 aromatic rings. The van der Waals surface area contributed by atoms with E-state index in [1.807, 2.05) is 37.3 Å². The first-order chi connectivity index (χ1) is 9.87. The lowest BCUT2D eigenvalue weighted by Crippen LogP contribution is -2.53. The quantitative estimate of drug-likeness (QED) is 0.926. The Morgan fingerprint density at radius 3 is 2.19 bits per heavy atom. The molecule has 1 heterocycles. The molecule has 1 aromatic carbocycles. The fraction of sp³-hybridized carbons (Fsp3) is 0.600. The van der Waals surface area contributed by atoms with Gasteiger partial charge in [0.25, 0.3) is 0 Å². The van der Waals surface area contributed by atoms with Crippen LogP contribution in [0.3, 0.4) is 0 Å². The van der Waals surface area contributed by atoms with E-state index in [-0.39, 0.29) is 12.1 Å². The number of alkyl halides is 3. The van der Waals surface area contributed by atoms with Gasteiger partial charge in [0.15, 0.2) is 0 Å². The van der Waals surface area contributed by atoms with Gasteiger partial charge in [0.1, 0.15) is 0 Å². The first-order valence-electron chi connectivity index (χ1n) is 7.20. The Morgan fingerprint density at radius 1 is 1.10 bits per heavy atom. The van der Waals surface area contributed by atoms with Crippen molar-refractivity contribution in [3.8, 4) is 0 Å². The first-order valence-corrected chi connectivity index (χ1v) is 7.20. The van der Waals surface area contributed by atoms with Crippen LogP contribution in [0.25, 0.3) is 0 Å². The van der Waals surface area contributed by atoms with E-state index in [0.717, 1.165) is 5.56 Å². The third kappa shape index (κ3) is 4.69. The van der Waals surface area contributed by atoms with E-state index in [9.17, 15) is 13.2 Å². The molecule has 1 aliphatic heterocycles. The Hall–Kier alpha value is -1.11. The van der Waals surface area contributed by atoms with Crippen molar-refractivity contribution in [1.29, 1.82) is 0 Å². The first kappa shape index (κ1) is 16.3. The number of halogens is 3. The molecular formula is C15H22F3N3. The lowest BCUT2D eigenvalue weighted by Gasteiger charge is -2.40. The molecule has 21 heavy (non-hydrogen) atoms. The lowest BCUT2D eigenvalue weighted by atomic mass is 10.00. The minimum atomic E-state index is -4.12. The summed E-state index contributed by atoms with van der Waals surface area (Å²) >= 11 is 0. The van der Waals surface area contributed by atoms with Gasteiger partial charge in [-0.15, -0.1) is 0 Å². The highest BCUT2D eigenvalue weighted by Gasteiger charge is 2.33. The minimum Gasteiger partial charge on any atom is -0.323 e. The molecule has 2 unspecified atom stereocenters. The van der Waals surface area contributed by atoms with E-state index in [2.05, 4.69) is 4.90 Å². The summed E-state index contributed by atoms with van der Waals surface area (Å²) in [5.41, 5.74) is 7.33. The molecule has 0 bridgehead atoms.